The number of aryl methyl sites for hydroxylation is 2. The number of thiazole rings is 1. The highest BCUT2D eigenvalue weighted by atomic mass is 35.5. The molecule has 0 aliphatic heterocycles. The second-order valence-corrected chi connectivity index (χ2v) is 9.41. The summed E-state index contributed by atoms with van der Waals surface area (Å²) in [5, 5.41) is 10.6. The van der Waals surface area contributed by atoms with Crippen molar-refractivity contribution in [3.8, 4) is 5.75 Å². The van der Waals surface area contributed by atoms with E-state index >= 15 is 0 Å². The van der Waals surface area contributed by atoms with Crippen LogP contribution in [-0.2, 0) is 17.5 Å². The van der Waals surface area contributed by atoms with Gasteiger partial charge < -0.3 is 14.7 Å². The quantitative estimate of drug-likeness (QED) is 0.318. The molecule has 1 heterocycles. The normalized spacial score (nSPS) is 11.6. The molecular weight excluding hydrogens is 477 g/mol. The molecule has 1 aromatic heterocycles. The van der Waals surface area contributed by atoms with Crippen LogP contribution in [0.3, 0.4) is 0 Å². The Morgan fingerprint density at radius 2 is 1.88 bits per heavy atom. The Kier molecular flexibility index (Phi) is 9.25. The molecule has 0 spiro atoms. The van der Waals surface area contributed by atoms with Gasteiger partial charge in [0.05, 0.1) is 39.6 Å². The van der Waals surface area contributed by atoms with Crippen molar-refractivity contribution in [2.45, 2.75) is 33.6 Å². The summed E-state index contributed by atoms with van der Waals surface area (Å²) in [6.45, 7) is 6.20. The Morgan fingerprint density at radius 3 is 2.45 bits per heavy atom. The summed E-state index contributed by atoms with van der Waals surface area (Å²) in [4.78, 5) is 17.2. The fraction of sp³-hybridized carbons (Fsp3) is 0.391. The van der Waals surface area contributed by atoms with Crippen LogP contribution in [0.2, 0.25) is 5.02 Å². The number of phenolic OH excluding ortho intramolecular Hbond substituents is 1. The SMILES string of the molecule is CC(=O)c1cc(Cl)cc(C)c1O.Cc1nc2c(COCCN(C)C)cc(C(F)(F)F)cc2s1. The summed E-state index contributed by atoms with van der Waals surface area (Å²) in [6.07, 6.45) is -4.36. The minimum Gasteiger partial charge on any atom is -0.507 e. The van der Waals surface area contributed by atoms with Crippen LogP contribution in [-0.4, -0.2) is 48.0 Å². The summed E-state index contributed by atoms with van der Waals surface area (Å²) < 4.78 is 44.8. The maximum atomic E-state index is 12.9. The fourth-order valence-electron chi connectivity index (χ4n) is 2.92. The predicted molar refractivity (Wildman–Crippen MR) is 125 cm³/mol. The molecule has 0 atom stereocenters. The molecule has 0 radical (unpaired) electrons. The fourth-order valence-corrected chi connectivity index (χ4v) is 4.10. The number of aromatic hydroxyl groups is 1. The molecule has 180 valence electrons. The molecule has 0 saturated heterocycles. The van der Waals surface area contributed by atoms with Crippen molar-refractivity contribution in [3.05, 3.63) is 56.5 Å². The molecule has 0 aliphatic rings. The lowest BCUT2D eigenvalue weighted by Crippen LogP contribution is -2.18. The van der Waals surface area contributed by atoms with Gasteiger partial charge in [0.1, 0.15) is 5.75 Å². The summed E-state index contributed by atoms with van der Waals surface area (Å²) in [5.74, 6) is -0.162. The summed E-state index contributed by atoms with van der Waals surface area (Å²) in [7, 11) is 3.82. The topological polar surface area (TPSA) is 62.7 Å². The highest BCUT2D eigenvalue weighted by molar-refractivity contribution is 7.18. The standard InChI is InChI=1S/C14H17F3N2OS.C9H9ClO2/c1-9-18-13-10(8-20-5-4-19(2)3)6-11(14(15,16)17)7-12(13)21-9;1-5-3-7(10)4-8(6(2)11)9(5)12/h6-7H,4-5,8H2,1-3H3;3-4,12H,1-2H3. The van der Waals surface area contributed by atoms with Crippen LogP contribution in [0.25, 0.3) is 10.2 Å². The maximum absolute atomic E-state index is 12.9. The third-order valence-electron chi connectivity index (χ3n) is 4.59. The number of ether oxygens (including phenoxy) is 1. The van der Waals surface area contributed by atoms with Crippen molar-refractivity contribution < 1.29 is 27.8 Å². The molecule has 3 rings (SSSR count). The minimum atomic E-state index is -4.36. The summed E-state index contributed by atoms with van der Waals surface area (Å²) >= 11 is 6.97. The van der Waals surface area contributed by atoms with Gasteiger partial charge in [-0.25, -0.2) is 4.98 Å². The summed E-state index contributed by atoms with van der Waals surface area (Å²) in [5.41, 5.74) is 1.34. The number of carbonyl (C=O) groups excluding carboxylic acids is 1. The van der Waals surface area contributed by atoms with Gasteiger partial charge in [-0.1, -0.05) is 11.6 Å². The van der Waals surface area contributed by atoms with Gasteiger partial charge in [-0.15, -0.1) is 11.3 Å². The van der Waals surface area contributed by atoms with Crippen molar-refractivity contribution in [1.82, 2.24) is 9.88 Å². The average molecular weight is 503 g/mol. The number of aromatic nitrogens is 1. The van der Waals surface area contributed by atoms with E-state index in [4.69, 9.17) is 16.3 Å². The molecule has 5 nitrogen and oxygen atoms in total. The molecule has 33 heavy (non-hydrogen) atoms. The molecule has 0 saturated carbocycles. The van der Waals surface area contributed by atoms with E-state index in [0.717, 1.165) is 23.7 Å². The van der Waals surface area contributed by atoms with Gasteiger partial charge in [0.15, 0.2) is 5.78 Å². The Labute approximate surface area is 199 Å². The third kappa shape index (κ3) is 7.67. The number of benzene rings is 2. The number of Topliss-reactive ketones (excluding diaryl/α,β-unsaturated/α-hetero) is 1. The van der Waals surface area contributed by atoms with Crippen molar-refractivity contribution in [1.29, 1.82) is 0 Å². The van der Waals surface area contributed by atoms with Gasteiger partial charge in [-0.05, 0) is 64.7 Å². The summed E-state index contributed by atoms with van der Waals surface area (Å²) in [6, 6.07) is 5.37. The zero-order valence-electron chi connectivity index (χ0n) is 19.0. The van der Waals surface area contributed by atoms with Crippen molar-refractivity contribution in [3.63, 3.8) is 0 Å². The number of hydrogen-bond acceptors (Lipinski definition) is 6. The molecule has 0 fully saturated rings. The number of phenols is 1. The number of alkyl halides is 3. The zero-order chi connectivity index (χ0) is 24.9. The van der Waals surface area contributed by atoms with Crippen LogP contribution in [0.5, 0.6) is 5.75 Å². The number of fused-ring (bicyclic) bond motifs is 1. The number of halogens is 4. The maximum Gasteiger partial charge on any atom is 0.416 e. The van der Waals surface area contributed by atoms with Crippen LogP contribution >= 0.6 is 22.9 Å². The van der Waals surface area contributed by atoms with Crippen molar-refractivity contribution in [2.24, 2.45) is 0 Å². The van der Waals surface area contributed by atoms with Gasteiger partial charge in [0.25, 0.3) is 0 Å². The van der Waals surface area contributed by atoms with Crippen LogP contribution < -0.4 is 0 Å². The van der Waals surface area contributed by atoms with Crippen LogP contribution in [0.1, 0.15) is 39.0 Å². The monoisotopic (exact) mass is 502 g/mol. The predicted octanol–water partition coefficient (Wildman–Crippen LogP) is 6.26. The first-order valence-corrected chi connectivity index (χ1v) is 11.2. The Morgan fingerprint density at radius 1 is 1.21 bits per heavy atom. The van der Waals surface area contributed by atoms with E-state index in [1.54, 1.807) is 19.9 Å². The first kappa shape index (κ1) is 27.0. The number of ketones is 1. The van der Waals surface area contributed by atoms with E-state index in [1.807, 2.05) is 19.0 Å². The van der Waals surface area contributed by atoms with Gasteiger partial charge >= 0.3 is 6.18 Å². The molecule has 3 aromatic rings. The average Bonchev–Trinajstić information content (AvgIpc) is 3.07. The van der Waals surface area contributed by atoms with Gasteiger partial charge in [-0.3, -0.25) is 4.79 Å². The second kappa shape index (κ2) is 11.3. The van der Waals surface area contributed by atoms with Gasteiger partial charge in [0, 0.05) is 17.1 Å². The zero-order valence-corrected chi connectivity index (χ0v) is 20.6. The smallest absolute Gasteiger partial charge is 0.416 e. The Balaban J connectivity index is 0.000000273. The largest absolute Gasteiger partial charge is 0.507 e. The molecule has 0 amide bonds. The number of nitrogens with zero attached hydrogens (tertiary/aromatic N) is 2. The number of carbonyl (C=O) groups is 1. The van der Waals surface area contributed by atoms with Crippen molar-refractivity contribution >= 4 is 38.9 Å². The second-order valence-electron chi connectivity index (χ2n) is 7.74. The van der Waals surface area contributed by atoms with E-state index < -0.39 is 11.7 Å². The Hall–Kier alpha value is -2.20. The van der Waals surface area contributed by atoms with Crippen LogP contribution in [0.4, 0.5) is 13.2 Å². The lowest BCUT2D eigenvalue weighted by atomic mass is 10.1. The molecule has 10 heteroatoms. The van der Waals surface area contributed by atoms with E-state index in [1.165, 1.54) is 24.3 Å². The highest BCUT2D eigenvalue weighted by Crippen LogP contribution is 2.35. The minimum absolute atomic E-state index is 0.0203. The molecule has 2 aromatic carbocycles. The molecular formula is C23H26ClF3N2O3S. The van der Waals surface area contributed by atoms with Crippen molar-refractivity contribution in [2.75, 3.05) is 27.2 Å². The number of rotatable bonds is 6. The van der Waals surface area contributed by atoms with E-state index in [9.17, 15) is 23.1 Å². The van der Waals surface area contributed by atoms with E-state index in [2.05, 4.69) is 4.98 Å². The molecule has 0 unspecified atom stereocenters. The highest BCUT2D eigenvalue weighted by Gasteiger charge is 2.31. The lowest BCUT2D eigenvalue weighted by Gasteiger charge is -2.12. The van der Waals surface area contributed by atoms with Crippen LogP contribution in [0.15, 0.2) is 24.3 Å². The molecule has 0 aliphatic carbocycles. The van der Waals surface area contributed by atoms with Gasteiger partial charge in [0.2, 0.25) is 0 Å². The van der Waals surface area contributed by atoms with E-state index in [0.29, 0.717) is 33.0 Å². The van der Waals surface area contributed by atoms with Gasteiger partial charge in [-0.2, -0.15) is 13.2 Å². The molecule has 1 N–H and O–H groups in total. The van der Waals surface area contributed by atoms with Crippen LogP contribution in [0, 0.1) is 13.8 Å². The Bertz CT molecular complexity index is 1130. The lowest BCUT2D eigenvalue weighted by molar-refractivity contribution is -0.137. The number of hydrogen-bond donors (Lipinski definition) is 1. The van der Waals surface area contributed by atoms with E-state index in [-0.39, 0.29) is 23.7 Å². The molecule has 0 bridgehead atoms. The third-order valence-corrected chi connectivity index (χ3v) is 5.73. The number of likely N-dealkylation sites (N-methyl/N-ethyl adjacent to an activating group) is 1. The first-order chi connectivity index (χ1) is 15.3. The first-order valence-electron chi connectivity index (χ1n) is 9.99.